The van der Waals surface area contributed by atoms with Crippen LogP contribution in [0.3, 0.4) is 0 Å². The number of nitrogens with two attached hydrogens (primary N) is 1. The average Bonchev–Trinajstić information content (AvgIpc) is 3.19. The summed E-state index contributed by atoms with van der Waals surface area (Å²) < 4.78 is 11.0. The molecule has 0 radical (unpaired) electrons. The molecule has 1 atom stereocenters. The van der Waals surface area contributed by atoms with Crippen LogP contribution in [0.2, 0.25) is 0 Å². The van der Waals surface area contributed by atoms with Gasteiger partial charge in [-0.25, -0.2) is 0 Å². The van der Waals surface area contributed by atoms with Crippen molar-refractivity contribution in [1.29, 1.82) is 0 Å². The molecule has 0 amide bonds. The van der Waals surface area contributed by atoms with Gasteiger partial charge in [0, 0.05) is 19.2 Å². The first-order chi connectivity index (χ1) is 10.7. The van der Waals surface area contributed by atoms with E-state index >= 15 is 0 Å². The van der Waals surface area contributed by atoms with E-state index in [4.69, 9.17) is 15.0 Å². The first-order valence-corrected chi connectivity index (χ1v) is 8.61. The highest BCUT2D eigenvalue weighted by molar-refractivity contribution is 5.85. The van der Waals surface area contributed by atoms with Gasteiger partial charge in [-0.3, -0.25) is 4.90 Å². The average molecular weight is 345 g/mol. The van der Waals surface area contributed by atoms with Crippen molar-refractivity contribution in [2.24, 2.45) is 11.7 Å². The fourth-order valence-corrected chi connectivity index (χ4v) is 3.62. The maximum absolute atomic E-state index is 5.83. The minimum Gasteiger partial charge on any atom is -0.377 e. The highest BCUT2D eigenvalue weighted by atomic mass is 35.5. The van der Waals surface area contributed by atoms with Crippen LogP contribution in [0.25, 0.3) is 0 Å². The summed E-state index contributed by atoms with van der Waals surface area (Å²) in [4.78, 5) is 6.87. The lowest BCUT2D eigenvalue weighted by Crippen LogP contribution is -2.42. The zero-order valence-corrected chi connectivity index (χ0v) is 14.8. The number of hydrogen-bond donors (Lipinski definition) is 1. The molecule has 1 aliphatic heterocycles. The Balaban J connectivity index is 0.00000192. The molecule has 1 unspecified atom stereocenters. The van der Waals surface area contributed by atoms with Gasteiger partial charge in [-0.05, 0) is 44.4 Å². The van der Waals surface area contributed by atoms with Gasteiger partial charge in [0.25, 0.3) is 0 Å². The zero-order valence-electron chi connectivity index (χ0n) is 13.9. The molecular weight excluding hydrogens is 316 g/mol. The summed E-state index contributed by atoms with van der Waals surface area (Å²) >= 11 is 0. The van der Waals surface area contributed by atoms with Crippen molar-refractivity contribution in [3.8, 4) is 0 Å². The largest absolute Gasteiger partial charge is 0.377 e. The zero-order chi connectivity index (χ0) is 15.4. The van der Waals surface area contributed by atoms with E-state index in [1.807, 2.05) is 0 Å². The molecule has 1 saturated carbocycles. The minimum absolute atomic E-state index is 0. The molecule has 0 bridgehead atoms. The number of rotatable bonds is 6. The van der Waals surface area contributed by atoms with E-state index < -0.39 is 0 Å². The van der Waals surface area contributed by atoms with Gasteiger partial charge < -0.3 is 15.0 Å². The first kappa shape index (κ1) is 18.6. The molecule has 7 heteroatoms. The predicted molar refractivity (Wildman–Crippen MR) is 90.2 cm³/mol. The van der Waals surface area contributed by atoms with E-state index in [-0.39, 0.29) is 12.4 Å². The van der Waals surface area contributed by atoms with Crippen molar-refractivity contribution in [2.75, 3.05) is 13.2 Å². The quantitative estimate of drug-likeness (QED) is 0.854. The second kappa shape index (κ2) is 8.97. The summed E-state index contributed by atoms with van der Waals surface area (Å²) in [5.41, 5.74) is 5.55. The molecule has 23 heavy (non-hydrogen) atoms. The minimum atomic E-state index is 0. The molecule has 2 N–H and O–H groups in total. The van der Waals surface area contributed by atoms with E-state index in [9.17, 15) is 0 Å². The molecule has 0 aromatic carbocycles. The Morgan fingerprint density at radius 1 is 1.22 bits per heavy atom. The fourth-order valence-electron chi connectivity index (χ4n) is 3.62. The lowest BCUT2D eigenvalue weighted by Gasteiger charge is -2.36. The van der Waals surface area contributed by atoms with Gasteiger partial charge >= 0.3 is 0 Å². The molecule has 1 aromatic heterocycles. The smallest absolute Gasteiger partial charge is 0.240 e. The third-order valence-electron chi connectivity index (χ3n) is 4.99. The van der Waals surface area contributed by atoms with Crippen LogP contribution in [0.5, 0.6) is 0 Å². The normalized spacial score (nSPS) is 28.0. The van der Waals surface area contributed by atoms with Crippen LogP contribution in [0.1, 0.15) is 57.2 Å². The first-order valence-electron chi connectivity index (χ1n) is 8.61. The number of hydrogen-bond acceptors (Lipinski definition) is 6. The maximum Gasteiger partial charge on any atom is 0.240 e. The third kappa shape index (κ3) is 5.14. The topological polar surface area (TPSA) is 77.4 Å². The SMILES string of the molecule is CC1CCC(N(Cc2noc(CN)n2)CC2CCCO2)CC1.Cl. The van der Waals surface area contributed by atoms with E-state index in [2.05, 4.69) is 22.0 Å². The van der Waals surface area contributed by atoms with E-state index in [0.29, 0.717) is 24.6 Å². The molecule has 6 nitrogen and oxygen atoms in total. The molecule has 2 heterocycles. The van der Waals surface area contributed by atoms with E-state index in [1.54, 1.807) is 0 Å². The van der Waals surface area contributed by atoms with Gasteiger partial charge in [-0.15, -0.1) is 12.4 Å². The predicted octanol–water partition coefficient (Wildman–Crippen LogP) is 2.51. The van der Waals surface area contributed by atoms with Crippen molar-refractivity contribution in [2.45, 2.75) is 70.7 Å². The standard InChI is InChI=1S/C16H28N4O2.ClH/c1-12-4-6-13(7-5-12)20(10-14-3-2-8-21-14)11-15-18-16(9-17)22-19-15;/h12-14H,2-11,17H2,1H3;1H. The molecule has 2 fully saturated rings. The number of halogens is 1. The third-order valence-corrected chi connectivity index (χ3v) is 4.99. The lowest BCUT2D eigenvalue weighted by molar-refractivity contribution is 0.0394. The van der Waals surface area contributed by atoms with Crippen molar-refractivity contribution in [1.82, 2.24) is 15.0 Å². The Hall–Kier alpha value is -0.690. The number of nitrogens with zero attached hydrogens (tertiary/aromatic N) is 3. The number of aromatic nitrogens is 2. The van der Waals surface area contributed by atoms with Crippen molar-refractivity contribution < 1.29 is 9.26 Å². The summed E-state index contributed by atoms with van der Waals surface area (Å²) in [5, 5.41) is 4.06. The molecule has 0 spiro atoms. The van der Waals surface area contributed by atoms with Gasteiger partial charge in [-0.2, -0.15) is 4.98 Å². The van der Waals surface area contributed by atoms with Gasteiger partial charge in [0.2, 0.25) is 5.89 Å². The van der Waals surface area contributed by atoms with Crippen molar-refractivity contribution in [3.63, 3.8) is 0 Å². The van der Waals surface area contributed by atoms with Crippen LogP contribution >= 0.6 is 12.4 Å². The van der Waals surface area contributed by atoms with Gasteiger partial charge in [0.15, 0.2) is 5.82 Å². The van der Waals surface area contributed by atoms with Crippen LogP contribution in [0.4, 0.5) is 0 Å². The van der Waals surface area contributed by atoms with Crippen LogP contribution in [0, 0.1) is 5.92 Å². The van der Waals surface area contributed by atoms with Crippen molar-refractivity contribution >= 4 is 12.4 Å². The molecule has 3 rings (SSSR count). The highest BCUT2D eigenvalue weighted by Gasteiger charge is 2.28. The summed E-state index contributed by atoms with van der Waals surface area (Å²) in [6.45, 7) is 5.28. The Bertz CT molecular complexity index is 457. The summed E-state index contributed by atoms with van der Waals surface area (Å²) in [6, 6.07) is 0.611. The number of ether oxygens (including phenoxy) is 1. The fraction of sp³-hybridized carbons (Fsp3) is 0.875. The van der Waals surface area contributed by atoms with E-state index in [0.717, 1.165) is 31.4 Å². The van der Waals surface area contributed by atoms with E-state index in [1.165, 1.54) is 38.5 Å². The van der Waals surface area contributed by atoms with Crippen molar-refractivity contribution in [3.05, 3.63) is 11.7 Å². The molecule has 1 aliphatic carbocycles. The molecule has 1 saturated heterocycles. The summed E-state index contributed by atoms with van der Waals surface area (Å²) in [5.74, 6) is 2.12. The van der Waals surface area contributed by atoms with Gasteiger partial charge in [-0.1, -0.05) is 12.1 Å². The summed E-state index contributed by atoms with van der Waals surface area (Å²) in [7, 11) is 0. The lowest BCUT2D eigenvalue weighted by atomic mass is 9.86. The highest BCUT2D eigenvalue weighted by Crippen LogP contribution is 2.29. The Morgan fingerprint density at radius 2 is 2.00 bits per heavy atom. The molecule has 2 aliphatic rings. The van der Waals surface area contributed by atoms with Crippen LogP contribution < -0.4 is 5.73 Å². The van der Waals surface area contributed by atoms with Crippen LogP contribution in [0.15, 0.2) is 4.52 Å². The Morgan fingerprint density at radius 3 is 2.61 bits per heavy atom. The molecular formula is C16H29ClN4O2. The maximum atomic E-state index is 5.83. The second-order valence-electron chi connectivity index (χ2n) is 6.79. The summed E-state index contributed by atoms with van der Waals surface area (Å²) in [6.07, 6.45) is 7.85. The van der Waals surface area contributed by atoms with Crippen LogP contribution in [-0.4, -0.2) is 40.3 Å². The van der Waals surface area contributed by atoms with Gasteiger partial charge in [0.1, 0.15) is 0 Å². The molecule has 132 valence electrons. The Labute approximate surface area is 144 Å². The van der Waals surface area contributed by atoms with Crippen LogP contribution in [-0.2, 0) is 17.8 Å². The second-order valence-corrected chi connectivity index (χ2v) is 6.79. The monoisotopic (exact) mass is 344 g/mol. The Kier molecular flexibility index (Phi) is 7.27. The molecule has 1 aromatic rings. The van der Waals surface area contributed by atoms with Gasteiger partial charge in [0.05, 0.1) is 19.2 Å².